The molecule has 12 heteroatoms. The molecule has 0 spiro atoms. The first-order chi connectivity index (χ1) is 12.6. The van der Waals surface area contributed by atoms with Crippen LogP contribution < -0.4 is 21.5 Å². The molecule has 0 heterocycles. The molecule has 2 rings (SSSR count). The summed E-state index contributed by atoms with van der Waals surface area (Å²) in [6.45, 7) is 0. The number of hydrogen-bond acceptors (Lipinski definition) is 4. The smallest absolute Gasteiger partial charge is 0.328 e. The van der Waals surface area contributed by atoms with Gasteiger partial charge in [-0.3, -0.25) is 4.79 Å². The lowest BCUT2D eigenvalue weighted by atomic mass is 9.96. The van der Waals surface area contributed by atoms with E-state index in [0.29, 0.717) is 0 Å². The van der Waals surface area contributed by atoms with Gasteiger partial charge in [-0.2, -0.15) is 4.99 Å². The number of nitrogens with zero attached hydrogens (tertiary/aromatic N) is 1. The van der Waals surface area contributed by atoms with Crippen LogP contribution in [0, 0.1) is 0 Å². The second-order valence-electron chi connectivity index (χ2n) is 6.02. The summed E-state index contributed by atoms with van der Waals surface area (Å²) in [5.74, 6) is -1.46. The van der Waals surface area contributed by atoms with Crippen molar-refractivity contribution in [3.8, 4) is 0 Å². The Bertz CT molecular complexity index is 878. The molecule has 0 aromatic heterocycles. The van der Waals surface area contributed by atoms with Gasteiger partial charge in [0.2, 0.25) is 0 Å². The van der Waals surface area contributed by atoms with Gasteiger partial charge < -0.3 is 16.8 Å². The molecular formula is C15H19Cl2N5O4S. The molecule has 3 amide bonds. The first kappa shape index (κ1) is 21.3. The number of guanidine groups is 1. The van der Waals surface area contributed by atoms with Crippen LogP contribution in [0.5, 0.6) is 0 Å². The second kappa shape index (κ2) is 8.77. The van der Waals surface area contributed by atoms with Crippen molar-refractivity contribution in [3.05, 3.63) is 27.7 Å². The number of hydrogen-bond donors (Lipinski definition) is 4. The number of sulfonamides is 1. The molecule has 148 valence electrons. The number of carbonyl (C=O) groups excluding carboxylic acids is 2. The number of rotatable bonds is 4. The molecule has 1 aliphatic carbocycles. The largest absolute Gasteiger partial charge is 0.370 e. The number of benzene rings is 1. The van der Waals surface area contributed by atoms with Gasteiger partial charge in [-0.15, -0.1) is 0 Å². The fourth-order valence-corrected chi connectivity index (χ4v) is 4.49. The predicted octanol–water partition coefficient (Wildman–Crippen LogP) is 1.73. The van der Waals surface area contributed by atoms with Gasteiger partial charge in [0.1, 0.15) is 4.90 Å². The van der Waals surface area contributed by atoms with Crippen LogP contribution in [0.2, 0.25) is 10.0 Å². The summed E-state index contributed by atoms with van der Waals surface area (Å²) in [7, 11) is -4.36. The van der Waals surface area contributed by atoms with E-state index in [4.69, 9.17) is 34.7 Å². The minimum atomic E-state index is -4.36. The Kier molecular flexibility index (Phi) is 6.90. The van der Waals surface area contributed by atoms with Gasteiger partial charge in [0.25, 0.3) is 15.9 Å². The van der Waals surface area contributed by atoms with Crippen LogP contribution in [-0.2, 0) is 10.0 Å². The second-order valence-corrected chi connectivity index (χ2v) is 8.48. The van der Waals surface area contributed by atoms with E-state index in [0.717, 1.165) is 44.2 Å². The normalized spacial score (nSPS) is 15.0. The Morgan fingerprint density at radius 2 is 1.70 bits per heavy atom. The summed E-state index contributed by atoms with van der Waals surface area (Å²) in [6.07, 6.45) is 4.59. The molecular weight excluding hydrogens is 417 g/mol. The quantitative estimate of drug-likeness (QED) is 0.416. The summed E-state index contributed by atoms with van der Waals surface area (Å²) in [5, 5.41) is 2.22. The van der Waals surface area contributed by atoms with Crippen LogP contribution in [0.15, 0.2) is 22.0 Å². The standard InChI is InChI=1S/C15H19Cl2N5O4S/c16-10-7-11(17)12(6-9(10)13(23)21-14(18)19)27(25,26)22-15(24)20-8-4-2-1-3-5-8/h6-8H,1-5H2,(H2,20,22,24)(H4,18,19,21,23). The van der Waals surface area contributed by atoms with Crippen molar-refractivity contribution in [1.82, 2.24) is 10.0 Å². The summed E-state index contributed by atoms with van der Waals surface area (Å²) in [4.78, 5) is 26.8. The highest BCUT2D eigenvalue weighted by Gasteiger charge is 2.26. The van der Waals surface area contributed by atoms with Gasteiger partial charge in [-0.05, 0) is 25.0 Å². The Balaban J connectivity index is 2.25. The van der Waals surface area contributed by atoms with E-state index in [9.17, 15) is 18.0 Å². The Labute approximate surface area is 166 Å². The van der Waals surface area contributed by atoms with Crippen LogP contribution in [0.1, 0.15) is 42.5 Å². The summed E-state index contributed by atoms with van der Waals surface area (Å²) in [5.41, 5.74) is 10.0. The van der Waals surface area contributed by atoms with Gasteiger partial charge in [0.15, 0.2) is 5.96 Å². The Morgan fingerprint density at radius 3 is 2.30 bits per heavy atom. The van der Waals surface area contributed by atoms with Crippen molar-refractivity contribution < 1.29 is 18.0 Å². The van der Waals surface area contributed by atoms with Crippen molar-refractivity contribution in [3.63, 3.8) is 0 Å². The van der Waals surface area contributed by atoms with Crippen molar-refractivity contribution in [2.24, 2.45) is 16.5 Å². The van der Waals surface area contributed by atoms with E-state index in [1.54, 1.807) is 0 Å². The Hall–Kier alpha value is -2.04. The van der Waals surface area contributed by atoms with E-state index in [2.05, 4.69) is 10.3 Å². The van der Waals surface area contributed by atoms with Crippen molar-refractivity contribution in [2.75, 3.05) is 0 Å². The molecule has 0 saturated heterocycles. The van der Waals surface area contributed by atoms with E-state index >= 15 is 0 Å². The van der Waals surface area contributed by atoms with E-state index in [-0.39, 0.29) is 21.7 Å². The third-order valence-corrected chi connectivity index (χ3v) is 6.05. The number of halogens is 2. The number of nitrogens with two attached hydrogens (primary N) is 2. The van der Waals surface area contributed by atoms with Crippen LogP contribution in [0.4, 0.5) is 4.79 Å². The number of amides is 3. The first-order valence-electron chi connectivity index (χ1n) is 8.06. The predicted molar refractivity (Wildman–Crippen MR) is 102 cm³/mol. The zero-order valence-electron chi connectivity index (χ0n) is 14.2. The molecule has 0 radical (unpaired) electrons. The van der Waals surface area contributed by atoms with E-state index in [1.165, 1.54) is 0 Å². The summed E-state index contributed by atoms with van der Waals surface area (Å²) in [6, 6.07) is 1.01. The third-order valence-electron chi connectivity index (χ3n) is 3.94. The molecule has 0 atom stereocenters. The van der Waals surface area contributed by atoms with Gasteiger partial charge in [-0.1, -0.05) is 42.5 Å². The van der Waals surface area contributed by atoms with Gasteiger partial charge in [-0.25, -0.2) is 17.9 Å². The van der Waals surface area contributed by atoms with E-state index < -0.39 is 32.8 Å². The number of aliphatic imine (C=N–C) groups is 1. The molecule has 1 aromatic carbocycles. The highest BCUT2D eigenvalue weighted by molar-refractivity contribution is 7.90. The number of nitrogens with one attached hydrogen (secondary N) is 2. The molecule has 9 nitrogen and oxygen atoms in total. The van der Waals surface area contributed by atoms with Crippen LogP contribution in [-0.4, -0.2) is 32.4 Å². The van der Waals surface area contributed by atoms with Crippen LogP contribution >= 0.6 is 23.2 Å². The highest BCUT2D eigenvalue weighted by atomic mass is 35.5. The molecule has 27 heavy (non-hydrogen) atoms. The molecule has 1 saturated carbocycles. The first-order valence-corrected chi connectivity index (χ1v) is 10.3. The fourth-order valence-electron chi connectivity index (χ4n) is 2.72. The average molecular weight is 436 g/mol. The van der Waals surface area contributed by atoms with Crippen LogP contribution in [0.25, 0.3) is 0 Å². The van der Waals surface area contributed by atoms with Crippen LogP contribution in [0.3, 0.4) is 0 Å². The number of carbonyl (C=O) groups is 2. The monoisotopic (exact) mass is 435 g/mol. The van der Waals surface area contributed by atoms with Gasteiger partial charge in [0.05, 0.1) is 15.6 Å². The highest BCUT2D eigenvalue weighted by Crippen LogP contribution is 2.29. The minimum Gasteiger partial charge on any atom is -0.370 e. The maximum absolute atomic E-state index is 12.5. The molecule has 0 aliphatic heterocycles. The molecule has 1 aliphatic rings. The number of urea groups is 1. The van der Waals surface area contributed by atoms with Gasteiger partial charge >= 0.3 is 6.03 Å². The fraction of sp³-hybridized carbons (Fsp3) is 0.400. The average Bonchev–Trinajstić information content (AvgIpc) is 2.53. The zero-order valence-corrected chi connectivity index (χ0v) is 16.5. The molecule has 1 aromatic rings. The Morgan fingerprint density at radius 1 is 1.07 bits per heavy atom. The van der Waals surface area contributed by atoms with Crippen molar-refractivity contribution in [2.45, 2.75) is 43.0 Å². The topological polar surface area (TPSA) is 157 Å². The van der Waals surface area contributed by atoms with Crippen molar-refractivity contribution >= 4 is 51.1 Å². The molecule has 6 N–H and O–H groups in total. The minimum absolute atomic E-state index is 0.0892. The molecule has 0 bridgehead atoms. The summed E-state index contributed by atoms with van der Waals surface area (Å²) < 4.78 is 26.9. The lowest BCUT2D eigenvalue weighted by molar-refractivity contribution is 0.100. The lowest BCUT2D eigenvalue weighted by Gasteiger charge is -2.22. The zero-order chi connectivity index (χ0) is 20.2. The van der Waals surface area contributed by atoms with Gasteiger partial charge in [0, 0.05) is 6.04 Å². The SMILES string of the molecule is NC(N)=NC(=O)c1cc(S(=O)(=O)NC(=O)NC2CCCCC2)c(Cl)cc1Cl. The van der Waals surface area contributed by atoms with E-state index in [1.807, 2.05) is 4.72 Å². The maximum Gasteiger partial charge on any atom is 0.328 e. The van der Waals surface area contributed by atoms with Crippen molar-refractivity contribution in [1.29, 1.82) is 0 Å². The lowest BCUT2D eigenvalue weighted by Crippen LogP contribution is -2.45. The third kappa shape index (κ3) is 5.72. The molecule has 1 fully saturated rings. The molecule has 0 unspecified atom stereocenters. The maximum atomic E-state index is 12.5. The summed E-state index contributed by atoms with van der Waals surface area (Å²) >= 11 is 11.9.